The van der Waals surface area contributed by atoms with Crippen LogP contribution in [0.3, 0.4) is 0 Å². The van der Waals surface area contributed by atoms with Gasteiger partial charge in [-0.25, -0.2) is 9.89 Å². The molecule has 0 radical (unpaired) electrons. The lowest BCUT2D eigenvalue weighted by Crippen LogP contribution is -2.21. The van der Waals surface area contributed by atoms with Crippen LogP contribution in [-0.2, 0) is 11.3 Å². The molecule has 0 bridgehead atoms. The summed E-state index contributed by atoms with van der Waals surface area (Å²) in [6.07, 6.45) is 0.445. The van der Waals surface area contributed by atoms with E-state index in [0.29, 0.717) is 25.3 Å². The molecule has 1 fully saturated rings. The van der Waals surface area contributed by atoms with Crippen LogP contribution in [-0.4, -0.2) is 39.2 Å². The summed E-state index contributed by atoms with van der Waals surface area (Å²) in [5, 5.41) is 6.41. The third-order valence-corrected chi connectivity index (χ3v) is 2.81. The zero-order valence-electron chi connectivity index (χ0n) is 8.86. The number of likely N-dealkylation sites (N-methyl/N-ethyl adjacent to an activating group) is 1. The van der Waals surface area contributed by atoms with Crippen molar-refractivity contribution in [3.63, 3.8) is 0 Å². The average molecular weight is 210 g/mol. The van der Waals surface area contributed by atoms with Crippen LogP contribution in [0, 0.1) is 0 Å². The molecule has 1 aromatic heterocycles. The molecule has 2 heterocycles. The second kappa shape index (κ2) is 3.52. The molecule has 15 heavy (non-hydrogen) atoms. The van der Waals surface area contributed by atoms with Gasteiger partial charge in [0.15, 0.2) is 0 Å². The Morgan fingerprint density at radius 1 is 1.53 bits per heavy atom. The standard InChI is InChI=1S/C9H14N4O2/c1-3-13-8(10-11-9(13)15)6-4-7(14)12(2)5-6/h6H,3-5H2,1-2H3,(H,11,15)/t6-/m1/s1. The van der Waals surface area contributed by atoms with Crippen LogP contribution in [0.5, 0.6) is 0 Å². The molecule has 1 atom stereocenters. The zero-order chi connectivity index (χ0) is 11.0. The van der Waals surface area contributed by atoms with Gasteiger partial charge in [0, 0.05) is 32.5 Å². The van der Waals surface area contributed by atoms with Gasteiger partial charge in [-0.15, -0.1) is 0 Å². The number of hydrogen-bond donors (Lipinski definition) is 1. The number of nitrogens with zero attached hydrogens (tertiary/aromatic N) is 3. The Morgan fingerprint density at radius 2 is 2.27 bits per heavy atom. The van der Waals surface area contributed by atoms with Gasteiger partial charge in [-0.2, -0.15) is 5.10 Å². The minimum atomic E-state index is -0.200. The number of amides is 1. The second-order valence-corrected chi connectivity index (χ2v) is 3.81. The fourth-order valence-corrected chi connectivity index (χ4v) is 1.98. The fourth-order valence-electron chi connectivity index (χ4n) is 1.98. The fraction of sp³-hybridized carbons (Fsp3) is 0.667. The van der Waals surface area contributed by atoms with Gasteiger partial charge in [0.1, 0.15) is 5.82 Å². The van der Waals surface area contributed by atoms with Gasteiger partial charge in [-0.3, -0.25) is 9.36 Å². The number of rotatable bonds is 2. The molecule has 0 saturated carbocycles. The molecule has 1 saturated heterocycles. The van der Waals surface area contributed by atoms with Crippen LogP contribution >= 0.6 is 0 Å². The number of aromatic nitrogens is 3. The summed E-state index contributed by atoms with van der Waals surface area (Å²) in [5.74, 6) is 0.847. The number of nitrogens with one attached hydrogen (secondary N) is 1. The van der Waals surface area contributed by atoms with E-state index in [1.54, 1.807) is 16.5 Å². The zero-order valence-corrected chi connectivity index (χ0v) is 8.86. The number of hydrogen-bond acceptors (Lipinski definition) is 3. The smallest absolute Gasteiger partial charge is 0.343 e. The highest BCUT2D eigenvalue weighted by molar-refractivity contribution is 5.79. The van der Waals surface area contributed by atoms with Crippen LogP contribution in [0.2, 0.25) is 0 Å². The van der Waals surface area contributed by atoms with E-state index in [2.05, 4.69) is 10.2 Å². The quantitative estimate of drug-likeness (QED) is 0.717. The van der Waals surface area contributed by atoms with Gasteiger partial charge in [-0.1, -0.05) is 0 Å². The first-order valence-electron chi connectivity index (χ1n) is 5.02. The van der Waals surface area contributed by atoms with Gasteiger partial charge >= 0.3 is 5.69 Å². The highest BCUT2D eigenvalue weighted by Gasteiger charge is 2.31. The molecule has 0 aliphatic carbocycles. The SMILES string of the molecule is CCn1c([C@@H]2CC(=O)N(C)C2)n[nH]c1=O. The van der Waals surface area contributed by atoms with Gasteiger partial charge < -0.3 is 4.90 Å². The van der Waals surface area contributed by atoms with Crippen LogP contribution < -0.4 is 5.69 Å². The molecule has 6 heteroatoms. The molecule has 2 rings (SSSR count). The lowest BCUT2D eigenvalue weighted by molar-refractivity contribution is -0.126. The van der Waals surface area contributed by atoms with E-state index in [-0.39, 0.29) is 17.5 Å². The van der Waals surface area contributed by atoms with E-state index in [4.69, 9.17) is 0 Å². The molecule has 82 valence electrons. The van der Waals surface area contributed by atoms with Gasteiger partial charge in [0.25, 0.3) is 0 Å². The normalized spacial score (nSPS) is 21.3. The molecular formula is C9H14N4O2. The van der Waals surface area contributed by atoms with Crippen molar-refractivity contribution in [3.8, 4) is 0 Å². The summed E-state index contributed by atoms with van der Waals surface area (Å²) in [5.41, 5.74) is -0.200. The first kappa shape index (κ1) is 9.95. The Bertz CT molecular complexity index is 434. The number of carbonyl (C=O) groups excluding carboxylic acids is 1. The van der Waals surface area contributed by atoms with E-state index in [9.17, 15) is 9.59 Å². The van der Waals surface area contributed by atoms with Gasteiger partial charge in [-0.05, 0) is 6.92 Å². The van der Waals surface area contributed by atoms with Crippen LogP contribution in [0.1, 0.15) is 25.1 Å². The lowest BCUT2D eigenvalue weighted by Gasteiger charge is -2.09. The molecule has 1 aliphatic heterocycles. The molecule has 1 aromatic rings. The van der Waals surface area contributed by atoms with Crippen molar-refractivity contribution in [1.29, 1.82) is 0 Å². The average Bonchev–Trinajstić information content (AvgIpc) is 2.71. The van der Waals surface area contributed by atoms with E-state index in [0.717, 1.165) is 0 Å². The predicted octanol–water partition coefficient (Wildman–Crippen LogP) is -0.463. The topological polar surface area (TPSA) is 71.0 Å². The summed E-state index contributed by atoms with van der Waals surface area (Å²) in [4.78, 5) is 24.4. The van der Waals surface area contributed by atoms with Crippen molar-refractivity contribution in [2.24, 2.45) is 0 Å². The second-order valence-electron chi connectivity index (χ2n) is 3.81. The Balaban J connectivity index is 2.31. The first-order chi connectivity index (χ1) is 7.13. The summed E-state index contributed by atoms with van der Waals surface area (Å²) < 4.78 is 1.58. The van der Waals surface area contributed by atoms with Crippen molar-refractivity contribution in [2.75, 3.05) is 13.6 Å². The summed E-state index contributed by atoms with van der Waals surface area (Å²) in [6, 6.07) is 0. The van der Waals surface area contributed by atoms with Crippen molar-refractivity contribution in [3.05, 3.63) is 16.3 Å². The van der Waals surface area contributed by atoms with Gasteiger partial charge in [0.05, 0.1) is 0 Å². The molecule has 1 amide bonds. The van der Waals surface area contributed by atoms with E-state index >= 15 is 0 Å². The molecule has 1 N–H and O–H groups in total. The minimum absolute atomic E-state index is 0.0430. The molecule has 1 aliphatic rings. The molecule has 0 spiro atoms. The maximum absolute atomic E-state index is 11.4. The monoisotopic (exact) mass is 210 g/mol. The van der Waals surface area contributed by atoms with E-state index < -0.39 is 0 Å². The van der Waals surface area contributed by atoms with Crippen LogP contribution in [0.15, 0.2) is 4.79 Å². The number of likely N-dealkylation sites (tertiary alicyclic amines) is 1. The highest BCUT2D eigenvalue weighted by atomic mass is 16.2. The first-order valence-corrected chi connectivity index (χ1v) is 5.02. The molecule has 0 aromatic carbocycles. The highest BCUT2D eigenvalue weighted by Crippen LogP contribution is 2.24. The van der Waals surface area contributed by atoms with Crippen molar-refractivity contribution >= 4 is 5.91 Å². The molecular weight excluding hydrogens is 196 g/mol. The maximum Gasteiger partial charge on any atom is 0.343 e. The van der Waals surface area contributed by atoms with Crippen molar-refractivity contribution in [2.45, 2.75) is 25.8 Å². The molecule has 0 unspecified atom stereocenters. The third-order valence-electron chi connectivity index (χ3n) is 2.81. The Labute approximate surface area is 86.9 Å². The summed E-state index contributed by atoms with van der Waals surface area (Å²) >= 11 is 0. The van der Waals surface area contributed by atoms with E-state index in [1.807, 2.05) is 6.92 Å². The van der Waals surface area contributed by atoms with Crippen molar-refractivity contribution in [1.82, 2.24) is 19.7 Å². The van der Waals surface area contributed by atoms with Crippen LogP contribution in [0.4, 0.5) is 0 Å². The van der Waals surface area contributed by atoms with Crippen LogP contribution in [0.25, 0.3) is 0 Å². The summed E-state index contributed by atoms with van der Waals surface area (Å²) in [7, 11) is 1.77. The predicted molar refractivity (Wildman–Crippen MR) is 53.5 cm³/mol. The Morgan fingerprint density at radius 3 is 2.80 bits per heavy atom. The number of aromatic amines is 1. The maximum atomic E-state index is 11.4. The molecule has 6 nitrogen and oxygen atoms in total. The number of H-pyrrole nitrogens is 1. The van der Waals surface area contributed by atoms with E-state index in [1.165, 1.54) is 0 Å². The van der Waals surface area contributed by atoms with Gasteiger partial charge in [0.2, 0.25) is 5.91 Å². The lowest BCUT2D eigenvalue weighted by atomic mass is 10.1. The third kappa shape index (κ3) is 1.55. The Hall–Kier alpha value is -1.59. The largest absolute Gasteiger partial charge is 0.345 e. The Kier molecular flexibility index (Phi) is 2.34. The minimum Gasteiger partial charge on any atom is -0.345 e. The summed E-state index contributed by atoms with van der Waals surface area (Å²) in [6.45, 7) is 3.11. The number of carbonyl (C=O) groups is 1. The van der Waals surface area contributed by atoms with Crippen molar-refractivity contribution < 1.29 is 4.79 Å².